The van der Waals surface area contributed by atoms with Crippen LogP contribution in [0.25, 0.3) is 0 Å². The molecule has 0 radical (unpaired) electrons. The SMILES string of the molecule is CC1CCCCN1CC(=O)Nc1ccc(I)cc1. The summed E-state index contributed by atoms with van der Waals surface area (Å²) in [6.07, 6.45) is 3.70. The number of halogens is 1. The minimum atomic E-state index is 0.0879. The number of hydrogen-bond acceptors (Lipinski definition) is 2. The lowest BCUT2D eigenvalue weighted by atomic mass is 10.0. The third kappa shape index (κ3) is 3.95. The topological polar surface area (TPSA) is 32.3 Å². The molecule has 0 aromatic heterocycles. The molecular formula is C14H19IN2O. The molecule has 1 atom stereocenters. The summed E-state index contributed by atoms with van der Waals surface area (Å²) in [7, 11) is 0. The van der Waals surface area contributed by atoms with E-state index in [1.807, 2.05) is 24.3 Å². The van der Waals surface area contributed by atoms with Crippen molar-refractivity contribution in [2.75, 3.05) is 18.4 Å². The third-order valence-corrected chi connectivity index (χ3v) is 4.13. The van der Waals surface area contributed by atoms with Crippen molar-refractivity contribution in [3.8, 4) is 0 Å². The number of piperidine rings is 1. The first-order chi connectivity index (χ1) is 8.65. The fraction of sp³-hybridized carbons (Fsp3) is 0.500. The fourth-order valence-electron chi connectivity index (χ4n) is 2.31. The number of rotatable bonds is 3. The molecular weight excluding hydrogens is 339 g/mol. The molecule has 1 aromatic carbocycles. The monoisotopic (exact) mass is 358 g/mol. The lowest BCUT2D eigenvalue weighted by Gasteiger charge is -2.32. The number of hydrogen-bond donors (Lipinski definition) is 1. The van der Waals surface area contributed by atoms with E-state index >= 15 is 0 Å². The molecule has 1 amide bonds. The zero-order valence-corrected chi connectivity index (χ0v) is 12.8. The molecule has 1 aromatic rings. The summed E-state index contributed by atoms with van der Waals surface area (Å²) in [5, 5.41) is 2.95. The highest BCUT2D eigenvalue weighted by Crippen LogP contribution is 2.16. The summed E-state index contributed by atoms with van der Waals surface area (Å²) in [6.45, 7) is 3.76. The Bertz CT molecular complexity index is 405. The average molecular weight is 358 g/mol. The van der Waals surface area contributed by atoms with Crippen molar-refractivity contribution in [3.63, 3.8) is 0 Å². The standard InChI is InChI=1S/C14H19IN2O/c1-11-4-2-3-9-17(11)10-14(18)16-13-7-5-12(15)6-8-13/h5-8,11H,2-4,9-10H2,1H3,(H,16,18). The Morgan fingerprint density at radius 3 is 2.78 bits per heavy atom. The van der Waals surface area contributed by atoms with Gasteiger partial charge in [-0.15, -0.1) is 0 Å². The van der Waals surface area contributed by atoms with Crippen LogP contribution >= 0.6 is 22.6 Å². The largest absolute Gasteiger partial charge is 0.325 e. The van der Waals surface area contributed by atoms with Gasteiger partial charge < -0.3 is 5.32 Å². The molecule has 1 aliphatic heterocycles. The van der Waals surface area contributed by atoms with Gasteiger partial charge in [0, 0.05) is 15.3 Å². The maximum atomic E-state index is 12.0. The first-order valence-corrected chi connectivity index (χ1v) is 7.52. The van der Waals surface area contributed by atoms with E-state index in [-0.39, 0.29) is 5.91 Å². The highest BCUT2D eigenvalue weighted by Gasteiger charge is 2.20. The molecule has 3 nitrogen and oxygen atoms in total. The molecule has 1 heterocycles. The van der Waals surface area contributed by atoms with E-state index in [2.05, 4.69) is 39.7 Å². The Hall–Kier alpha value is -0.620. The van der Waals surface area contributed by atoms with Gasteiger partial charge in [0.1, 0.15) is 0 Å². The highest BCUT2D eigenvalue weighted by molar-refractivity contribution is 14.1. The summed E-state index contributed by atoms with van der Waals surface area (Å²) in [5.41, 5.74) is 0.880. The van der Waals surface area contributed by atoms with Crippen molar-refractivity contribution < 1.29 is 4.79 Å². The number of carbonyl (C=O) groups excluding carboxylic acids is 1. The van der Waals surface area contributed by atoms with Gasteiger partial charge in [0.25, 0.3) is 0 Å². The van der Waals surface area contributed by atoms with Crippen LogP contribution in [0.15, 0.2) is 24.3 Å². The van der Waals surface area contributed by atoms with Crippen LogP contribution in [0, 0.1) is 3.57 Å². The Kier molecular flexibility index (Phi) is 5.00. The maximum Gasteiger partial charge on any atom is 0.238 e. The predicted octanol–water partition coefficient (Wildman–Crippen LogP) is 3.10. The number of carbonyl (C=O) groups is 1. The number of benzene rings is 1. The minimum Gasteiger partial charge on any atom is -0.325 e. The second-order valence-corrected chi connectivity index (χ2v) is 6.12. The Morgan fingerprint density at radius 2 is 2.11 bits per heavy atom. The minimum absolute atomic E-state index is 0.0879. The van der Waals surface area contributed by atoms with E-state index in [1.165, 1.54) is 22.8 Å². The van der Waals surface area contributed by atoms with Gasteiger partial charge in [-0.25, -0.2) is 0 Å². The van der Waals surface area contributed by atoms with Crippen molar-refractivity contribution in [3.05, 3.63) is 27.8 Å². The zero-order valence-electron chi connectivity index (χ0n) is 10.7. The van der Waals surface area contributed by atoms with E-state index in [0.717, 1.165) is 12.2 Å². The molecule has 18 heavy (non-hydrogen) atoms. The van der Waals surface area contributed by atoms with Crippen LogP contribution in [-0.2, 0) is 4.79 Å². The molecule has 0 spiro atoms. The van der Waals surface area contributed by atoms with Crippen molar-refractivity contribution in [2.24, 2.45) is 0 Å². The molecule has 1 saturated heterocycles. The molecule has 0 aliphatic carbocycles. The lowest BCUT2D eigenvalue weighted by molar-refractivity contribution is -0.118. The molecule has 0 bridgehead atoms. The van der Waals surface area contributed by atoms with Gasteiger partial charge in [-0.1, -0.05) is 6.42 Å². The molecule has 0 saturated carbocycles. The zero-order chi connectivity index (χ0) is 13.0. The molecule has 1 fully saturated rings. The quantitative estimate of drug-likeness (QED) is 0.843. The lowest BCUT2D eigenvalue weighted by Crippen LogP contribution is -2.42. The van der Waals surface area contributed by atoms with Gasteiger partial charge in [-0.3, -0.25) is 9.69 Å². The second kappa shape index (κ2) is 6.52. The number of nitrogens with zero attached hydrogens (tertiary/aromatic N) is 1. The van der Waals surface area contributed by atoms with Gasteiger partial charge >= 0.3 is 0 Å². The van der Waals surface area contributed by atoms with Gasteiger partial charge in [0.2, 0.25) is 5.91 Å². The van der Waals surface area contributed by atoms with E-state index in [9.17, 15) is 4.79 Å². The van der Waals surface area contributed by atoms with E-state index in [1.54, 1.807) is 0 Å². The van der Waals surface area contributed by atoms with Crippen molar-refractivity contribution in [1.82, 2.24) is 4.90 Å². The van der Waals surface area contributed by atoms with Crippen molar-refractivity contribution >= 4 is 34.2 Å². The normalized spacial score (nSPS) is 20.7. The smallest absolute Gasteiger partial charge is 0.238 e. The summed E-state index contributed by atoms with van der Waals surface area (Å²) in [4.78, 5) is 14.2. The molecule has 4 heteroatoms. The van der Waals surface area contributed by atoms with Crippen molar-refractivity contribution in [2.45, 2.75) is 32.2 Å². The van der Waals surface area contributed by atoms with Gasteiger partial charge in [0.15, 0.2) is 0 Å². The van der Waals surface area contributed by atoms with Gasteiger partial charge in [-0.2, -0.15) is 0 Å². The van der Waals surface area contributed by atoms with Crippen LogP contribution in [0.3, 0.4) is 0 Å². The van der Waals surface area contributed by atoms with Crippen LogP contribution in [0.4, 0.5) is 5.69 Å². The molecule has 1 aliphatic rings. The van der Waals surface area contributed by atoms with Crippen LogP contribution in [0.1, 0.15) is 26.2 Å². The summed E-state index contributed by atoms with van der Waals surface area (Å²) in [5.74, 6) is 0.0879. The Balaban J connectivity index is 1.86. The van der Waals surface area contributed by atoms with E-state index in [4.69, 9.17) is 0 Å². The maximum absolute atomic E-state index is 12.0. The third-order valence-electron chi connectivity index (χ3n) is 3.42. The van der Waals surface area contributed by atoms with E-state index in [0.29, 0.717) is 12.6 Å². The van der Waals surface area contributed by atoms with Gasteiger partial charge in [0.05, 0.1) is 6.54 Å². The van der Waals surface area contributed by atoms with Crippen LogP contribution in [-0.4, -0.2) is 29.9 Å². The van der Waals surface area contributed by atoms with Crippen LogP contribution < -0.4 is 5.32 Å². The molecule has 1 unspecified atom stereocenters. The van der Waals surface area contributed by atoms with E-state index < -0.39 is 0 Å². The fourth-order valence-corrected chi connectivity index (χ4v) is 2.67. The van der Waals surface area contributed by atoms with Crippen LogP contribution in [0.2, 0.25) is 0 Å². The number of amides is 1. The summed E-state index contributed by atoms with van der Waals surface area (Å²) < 4.78 is 1.18. The first kappa shape index (κ1) is 13.8. The molecule has 98 valence electrons. The summed E-state index contributed by atoms with van der Waals surface area (Å²) >= 11 is 2.26. The molecule has 2 rings (SSSR count). The molecule has 1 N–H and O–H groups in total. The summed E-state index contributed by atoms with van der Waals surface area (Å²) in [6, 6.07) is 8.42. The second-order valence-electron chi connectivity index (χ2n) is 4.87. The number of anilines is 1. The number of nitrogens with one attached hydrogen (secondary N) is 1. The first-order valence-electron chi connectivity index (χ1n) is 6.44. The highest BCUT2D eigenvalue weighted by atomic mass is 127. The Morgan fingerprint density at radius 1 is 1.39 bits per heavy atom. The van der Waals surface area contributed by atoms with Gasteiger partial charge in [-0.05, 0) is 73.2 Å². The van der Waals surface area contributed by atoms with Crippen LogP contribution in [0.5, 0.6) is 0 Å². The predicted molar refractivity (Wildman–Crippen MR) is 82.7 cm³/mol. The average Bonchev–Trinajstić information content (AvgIpc) is 2.35. The Labute approximate surface area is 122 Å². The van der Waals surface area contributed by atoms with Crippen molar-refractivity contribution in [1.29, 1.82) is 0 Å². The number of likely N-dealkylation sites (tertiary alicyclic amines) is 1.